The third-order valence-electron chi connectivity index (χ3n) is 5.54. The van der Waals surface area contributed by atoms with Crippen LogP contribution in [-0.4, -0.2) is 51.4 Å². The summed E-state index contributed by atoms with van der Waals surface area (Å²) >= 11 is 0. The van der Waals surface area contributed by atoms with Crippen molar-refractivity contribution in [3.05, 3.63) is 59.7 Å². The summed E-state index contributed by atoms with van der Waals surface area (Å²) in [5.74, 6) is -0.931. The van der Waals surface area contributed by atoms with Crippen molar-refractivity contribution in [2.45, 2.75) is 30.6 Å². The summed E-state index contributed by atoms with van der Waals surface area (Å²) in [6.45, 7) is 1.39. The Hall–Kier alpha value is -2.87. The first-order valence-electron chi connectivity index (χ1n) is 10.1. The molecule has 0 aromatic heterocycles. The van der Waals surface area contributed by atoms with Crippen LogP contribution in [-0.2, 0) is 26.0 Å². The van der Waals surface area contributed by atoms with Gasteiger partial charge in [0.05, 0.1) is 16.1 Å². The van der Waals surface area contributed by atoms with Gasteiger partial charge < -0.3 is 9.64 Å². The highest BCUT2D eigenvalue weighted by molar-refractivity contribution is 7.92. The second-order valence-corrected chi connectivity index (χ2v) is 9.36. The Morgan fingerprint density at radius 3 is 2.50 bits per heavy atom. The number of anilines is 1. The van der Waals surface area contributed by atoms with Gasteiger partial charge in [-0.15, -0.1) is 0 Å². The molecular formula is C22H24N2O5S. The van der Waals surface area contributed by atoms with Crippen molar-refractivity contribution in [1.29, 1.82) is 0 Å². The van der Waals surface area contributed by atoms with Gasteiger partial charge in [-0.25, -0.2) is 13.2 Å². The maximum absolute atomic E-state index is 13.2. The monoisotopic (exact) mass is 428 g/mol. The van der Waals surface area contributed by atoms with E-state index < -0.39 is 16.0 Å². The van der Waals surface area contributed by atoms with Crippen molar-refractivity contribution in [2.24, 2.45) is 0 Å². The molecule has 7 nitrogen and oxygen atoms in total. The molecule has 8 heteroatoms. The molecule has 1 amide bonds. The zero-order valence-electron chi connectivity index (χ0n) is 16.6. The Labute approximate surface area is 176 Å². The van der Waals surface area contributed by atoms with E-state index in [2.05, 4.69) is 0 Å². The van der Waals surface area contributed by atoms with Crippen molar-refractivity contribution in [2.75, 3.05) is 30.5 Å². The minimum absolute atomic E-state index is 0.0241. The second kappa shape index (κ2) is 8.47. The highest BCUT2D eigenvalue weighted by Gasteiger charge is 2.31. The maximum Gasteiger partial charge on any atom is 0.338 e. The van der Waals surface area contributed by atoms with Crippen molar-refractivity contribution in [1.82, 2.24) is 4.90 Å². The topological polar surface area (TPSA) is 84.0 Å². The number of carbonyl (C=O) groups excluding carboxylic acids is 2. The highest BCUT2D eigenvalue weighted by Crippen LogP contribution is 2.32. The Bertz CT molecular complexity index is 1060. The molecule has 0 N–H and O–H groups in total. The lowest BCUT2D eigenvalue weighted by molar-refractivity contribution is -0.135. The maximum atomic E-state index is 13.2. The van der Waals surface area contributed by atoms with Crippen LogP contribution in [0, 0.1) is 0 Å². The minimum Gasteiger partial charge on any atom is -0.452 e. The molecule has 1 saturated heterocycles. The summed E-state index contributed by atoms with van der Waals surface area (Å²) in [5.41, 5.74) is 1.75. The van der Waals surface area contributed by atoms with Gasteiger partial charge in [0.1, 0.15) is 0 Å². The zero-order chi connectivity index (χ0) is 21.1. The van der Waals surface area contributed by atoms with Crippen LogP contribution in [0.4, 0.5) is 5.69 Å². The van der Waals surface area contributed by atoms with E-state index >= 15 is 0 Å². The standard InChI is InChI=1S/C22H24N2O5S/c25-21(23-12-4-1-5-13-23)16-29-22(26)18-8-6-9-19(15-18)30(27,28)24-14-11-17-7-2-3-10-20(17)24/h2-3,6-10,15H,1,4-5,11-14,16H2. The van der Waals surface area contributed by atoms with Crippen LogP contribution < -0.4 is 4.31 Å². The van der Waals surface area contributed by atoms with Gasteiger partial charge in [0.15, 0.2) is 6.61 Å². The normalized spacial score (nSPS) is 16.3. The van der Waals surface area contributed by atoms with E-state index in [9.17, 15) is 18.0 Å². The van der Waals surface area contributed by atoms with E-state index in [0.717, 1.165) is 24.8 Å². The summed E-state index contributed by atoms with van der Waals surface area (Å²) < 4.78 is 32.8. The number of ether oxygens (including phenoxy) is 1. The fourth-order valence-corrected chi connectivity index (χ4v) is 5.46. The van der Waals surface area contributed by atoms with Gasteiger partial charge in [-0.2, -0.15) is 0 Å². The van der Waals surface area contributed by atoms with E-state index in [1.807, 2.05) is 12.1 Å². The fraction of sp³-hybridized carbons (Fsp3) is 0.364. The number of hydrogen-bond acceptors (Lipinski definition) is 5. The summed E-state index contributed by atoms with van der Waals surface area (Å²) in [6.07, 6.45) is 3.67. The van der Waals surface area contributed by atoms with Crippen LogP contribution in [0.2, 0.25) is 0 Å². The number of rotatable bonds is 5. The van der Waals surface area contributed by atoms with Crippen molar-refractivity contribution >= 4 is 27.6 Å². The Morgan fingerprint density at radius 2 is 1.70 bits per heavy atom. The zero-order valence-corrected chi connectivity index (χ0v) is 17.4. The minimum atomic E-state index is -3.81. The number of benzene rings is 2. The number of amides is 1. The molecule has 0 unspecified atom stereocenters. The van der Waals surface area contributed by atoms with Gasteiger partial charge in [0, 0.05) is 19.6 Å². The predicted octanol–water partition coefficient (Wildman–Crippen LogP) is 2.61. The number of fused-ring (bicyclic) bond motifs is 1. The molecule has 1 fully saturated rings. The van der Waals surface area contributed by atoms with Gasteiger partial charge in [0.2, 0.25) is 0 Å². The molecule has 2 aromatic carbocycles. The predicted molar refractivity (Wildman–Crippen MR) is 112 cm³/mol. The van der Waals surface area contributed by atoms with E-state index in [0.29, 0.717) is 31.7 Å². The number of sulfonamides is 1. The summed E-state index contributed by atoms with van der Waals surface area (Å²) in [4.78, 5) is 26.3. The van der Waals surface area contributed by atoms with Crippen molar-refractivity contribution in [3.63, 3.8) is 0 Å². The molecule has 0 bridgehead atoms. The highest BCUT2D eigenvalue weighted by atomic mass is 32.2. The number of nitrogens with zero attached hydrogens (tertiary/aromatic N) is 2. The molecule has 30 heavy (non-hydrogen) atoms. The molecule has 0 atom stereocenters. The molecule has 0 radical (unpaired) electrons. The lowest BCUT2D eigenvalue weighted by atomic mass is 10.1. The molecule has 0 aliphatic carbocycles. The van der Waals surface area contributed by atoms with E-state index in [4.69, 9.17) is 4.74 Å². The van der Waals surface area contributed by atoms with Gasteiger partial charge in [-0.3, -0.25) is 9.10 Å². The van der Waals surface area contributed by atoms with Crippen LogP contribution in [0.1, 0.15) is 35.2 Å². The Morgan fingerprint density at radius 1 is 0.933 bits per heavy atom. The summed E-state index contributed by atoms with van der Waals surface area (Å²) in [5, 5.41) is 0. The van der Waals surface area contributed by atoms with Crippen LogP contribution in [0.15, 0.2) is 53.4 Å². The largest absolute Gasteiger partial charge is 0.452 e. The second-order valence-electron chi connectivity index (χ2n) is 7.50. The van der Waals surface area contributed by atoms with Gasteiger partial charge in [0.25, 0.3) is 15.9 Å². The summed E-state index contributed by atoms with van der Waals surface area (Å²) in [6, 6.07) is 13.2. The van der Waals surface area contributed by atoms with Crippen LogP contribution in [0.25, 0.3) is 0 Å². The molecule has 158 valence electrons. The average molecular weight is 429 g/mol. The third kappa shape index (κ3) is 4.05. The molecule has 2 aliphatic rings. The number of esters is 1. The average Bonchev–Trinajstić information content (AvgIpc) is 3.23. The van der Waals surface area contributed by atoms with Crippen molar-refractivity contribution < 1.29 is 22.7 Å². The molecule has 0 saturated carbocycles. The molecule has 2 aliphatic heterocycles. The van der Waals surface area contributed by atoms with Crippen LogP contribution in [0.5, 0.6) is 0 Å². The summed E-state index contributed by atoms with van der Waals surface area (Å²) in [7, 11) is -3.81. The van der Waals surface area contributed by atoms with Crippen molar-refractivity contribution in [3.8, 4) is 0 Å². The van der Waals surface area contributed by atoms with Gasteiger partial charge in [-0.1, -0.05) is 24.3 Å². The van der Waals surface area contributed by atoms with E-state index in [1.165, 1.54) is 28.6 Å². The van der Waals surface area contributed by atoms with Crippen LogP contribution >= 0.6 is 0 Å². The number of piperidine rings is 1. The molecule has 4 rings (SSSR count). The van der Waals surface area contributed by atoms with Crippen LogP contribution in [0.3, 0.4) is 0 Å². The molecule has 2 aromatic rings. The third-order valence-corrected chi connectivity index (χ3v) is 7.35. The number of carbonyl (C=O) groups is 2. The van der Waals surface area contributed by atoms with E-state index in [1.54, 1.807) is 17.0 Å². The first-order chi connectivity index (χ1) is 14.5. The Balaban J connectivity index is 1.47. The molecule has 2 heterocycles. The fourth-order valence-electron chi connectivity index (χ4n) is 3.91. The lowest BCUT2D eigenvalue weighted by Gasteiger charge is -2.26. The van der Waals surface area contributed by atoms with Gasteiger partial charge >= 0.3 is 5.97 Å². The smallest absolute Gasteiger partial charge is 0.338 e. The number of para-hydroxylation sites is 1. The molecular weight excluding hydrogens is 404 g/mol. The SMILES string of the molecule is O=C(OCC(=O)N1CCCCC1)c1cccc(S(=O)(=O)N2CCc3ccccc32)c1. The number of hydrogen-bond donors (Lipinski definition) is 0. The first-order valence-corrected chi connectivity index (χ1v) is 11.6. The molecule has 0 spiro atoms. The Kier molecular flexibility index (Phi) is 5.76. The first kappa shape index (κ1) is 20.4. The van der Waals surface area contributed by atoms with E-state index in [-0.39, 0.29) is 23.0 Å². The van der Waals surface area contributed by atoms with Gasteiger partial charge in [-0.05, 0) is 55.5 Å². The lowest BCUT2D eigenvalue weighted by Crippen LogP contribution is -2.38. The number of likely N-dealkylation sites (tertiary alicyclic amines) is 1. The quantitative estimate of drug-likeness (QED) is 0.684.